The lowest BCUT2D eigenvalue weighted by atomic mass is 10.1. The van der Waals surface area contributed by atoms with Crippen LogP contribution in [0.2, 0.25) is 0 Å². The smallest absolute Gasteiger partial charge is 0.351 e. The number of aliphatic carboxylic acids is 2. The molecule has 0 saturated carbocycles. The molecule has 0 bridgehead atoms. The van der Waals surface area contributed by atoms with Gasteiger partial charge in [-0.05, 0) is 12.5 Å². The van der Waals surface area contributed by atoms with Crippen LogP contribution in [-0.2, 0) is 28.7 Å². The van der Waals surface area contributed by atoms with E-state index in [2.05, 4.69) is 10.3 Å². The number of esters is 1. The first-order valence-corrected chi connectivity index (χ1v) is 9.76. The summed E-state index contributed by atoms with van der Waals surface area (Å²) in [5.74, 6) is -4.13. The van der Waals surface area contributed by atoms with Crippen molar-refractivity contribution in [2.24, 2.45) is 5.73 Å². The van der Waals surface area contributed by atoms with Crippen LogP contribution in [0.25, 0.3) is 0 Å². The highest BCUT2D eigenvalue weighted by Crippen LogP contribution is 2.28. The van der Waals surface area contributed by atoms with E-state index >= 15 is 0 Å². The zero-order chi connectivity index (χ0) is 24.7. The van der Waals surface area contributed by atoms with E-state index in [-0.39, 0.29) is 25.1 Å². The van der Waals surface area contributed by atoms with E-state index in [9.17, 15) is 34.2 Å². The predicted molar refractivity (Wildman–Crippen MR) is 106 cm³/mol. The molecule has 1 saturated heterocycles. The summed E-state index contributed by atoms with van der Waals surface area (Å²) in [6.07, 6.45) is -5.35. The van der Waals surface area contributed by atoms with Gasteiger partial charge in [0.2, 0.25) is 5.91 Å². The number of nitrogens with one attached hydrogen (secondary N) is 1. The quantitative estimate of drug-likeness (QED) is 0.181. The summed E-state index contributed by atoms with van der Waals surface area (Å²) in [6, 6.07) is -0.249. The normalized spacial score (nSPS) is 23.0. The third kappa shape index (κ3) is 7.31. The van der Waals surface area contributed by atoms with Gasteiger partial charge >= 0.3 is 23.6 Å². The number of rotatable bonds is 11. The van der Waals surface area contributed by atoms with E-state index < -0.39 is 73.1 Å². The summed E-state index contributed by atoms with van der Waals surface area (Å²) >= 11 is 0. The Morgan fingerprint density at radius 3 is 2.52 bits per heavy atom. The van der Waals surface area contributed by atoms with Crippen molar-refractivity contribution in [3.8, 4) is 0 Å². The molecule has 15 nitrogen and oxygen atoms in total. The van der Waals surface area contributed by atoms with Crippen molar-refractivity contribution in [2.45, 2.75) is 56.3 Å². The Bertz CT molecular complexity index is 950. The van der Waals surface area contributed by atoms with Crippen molar-refractivity contribution in [2.75, 3.05) is 11.9 Å². The topological polar surface area (TPSA) is 241 Å². The van der Waals surface area contributed by atoms with E-state index in [0.717, 1.165) is 10.8 Å². The first kappa shape index (κ1) is 25.9. The molecular weight excluding hydrogens is 448 g/mol. The van der Waals surface area contributed by atoms with Crippen LogP contribution in [0.4, 0.5) is 5.82 Å². The van der Waals surface area contributed by atoms with Crippen molar-refractivity contribution in [3.05, 3.63) is 22.7 Å². The number of nitrogens with two attached hydrogens (primary N) is 1. The second-order valence-corrected chi connectivity index (χ2v) is 7.18. The van der Waals surface area contributed by atoms with E-state index in [1.54, 1.807) is 0 Å². The molecule has 2 heterocycles. The Morgan fingerprint density at radius 2 is 1.91 bits per heavy atom. The van der Waals surface area contributed by atoms with Gasteiger partial charge in [-0.15, -0.1) is 0 Å². The second kappa shape index (κ2) is 11.5. The molecule has 1 fully saturated rings. The van der Waals surface area contributed by atoms with Gasteiger partial charge in [-0.1, -0.05) is 0 Å². The molecule has 7 N–H and O–H groups in total. The lowest BCUT2D eigenvalue weighted by Crippen LogP contribution is -2.37. The van der Waals surface area contributed by atoms with Gasteiger partial charge < -0.3 is 41.0 Å². The fourth-order valence-corrected chi connectivity index (χ4v) is 2.88. The Kier molecular flexibility index (Phi) is 8.98. The van der Waals surface area contributed by atoms with Crippen LogP contribution in [0.15, 0.2) is 17.1 Å². The largest absolute Gasteiger partial charge is 0.481 e. The highest BCUT2D eigenvalue weighted by Gasteiger charge is 2.44. The summed E-state index contributed by atoms with van der Waals surface area (Å²) < 4.78 is 11.2. The first-order valence-electron chi connectivity index (χ1n) is 9.76. The Morgan fingerprint density at radius 1 is 1.21 bits per heavy atom. The highest BCUT2D eigenvalue weighted by atomic mass is 16.6. The standard InChI is InChI=1S/C18H24N4O11/c19-8(17(29)30)6-11(23)20-10-4-5-22(18(31)21-10)16-15(28)14(27)9(33-16)7-32-13(26)3-1-2-12(24)25/h4-5,8-9,14-16,27-28H,1-3,6-7,19H2,(H,24,25)(H,29,30)(H,20,21,23,31)/t8-,9+,14?,15?,16+/m0/s1. The van der Waals surface area contributed by atoms with E-state index in [1.807, 2.05) is 0 Å². The molecule has 0 aliphatic carbocycles. The van der Waals surface area contributed by atoms with Crippen molar-refractivity contribution in [1.29, 1.82) is 0 Å². The van der Waals surface area contributed by atoms with Crippen molar-refractivity contribution >= 4 is 29.6 Å². The van der Waals surface area contributed by atoms with Crippen LogP contribution in [0.5, 0.6) is 0 Å². The third-order valence-electron chi connectivity index (χ3n) is 4.61. The lowest BCUT2D eigenvalue weighted by Gasteiger charge is -2.17. The number of carboxylic acid groups (broad SMARTS) is 2. The number of carbonyl (C=O) groups is 4. The minimum atomic E-state index is -1.57. The molecular formula is C18H24N4O11. The molecule has 1 aliphatic heterocycles. The van der Waals surface area contributed by atoms with Gasteiger partial charge in [-0.2, -0.15) is 4.98 Å². The van der Waals surface area contributed by atoms with Crippen molar-refractivity contribution < 1.29 is 49.1 Å². The molecule has 1 aliphatic rings. The average Bonchev–Trinajstić information content (AvgIpc) is 3.00. The molecule has 5 atom stereocenters. The van der Waals surface area contributed by atoms with Crippen LogP contribution < -0.4 is 16.7 Å². The number of carbonyl (C=O) groups excluding carboxylic acids is 2. The summed E-state index contributed by atoms with van der Waals surface area (Å²) in [5.41, 5.74) is 4.30. The number of aromatic nitrogens is 2. The molecule has 33 heavy (non-hydrogen) atoms. The summed E-state index contributed by atoms with van der Waals surface area (Å²) in [5, 5.41) is 39.9. The summed E-state index contributed by atoms with van der Waals surface area (Å²) in [6.45, 7) is -0.444. The summed E-state index contributed by atoms with van der Waals surface area (Å²) in [4.78, 5) is 60.5. The van der Waals surface area contributed by atoms with Crippen LogP contribution in [-0.4, -0.2) is 84.8 Å². The Balaban J connectivity index is 1.96. The first-order chi connectivity index (χ1) is 15.5. The molecule has 0 radical (unpaired) electrons. The fraction of sp³-hybridized carbons (Fsp3) is 0.556. The van der Waals surface area contributed by atoms with Crippen LogP contribution in [0.1, 0.15) is 31.9 Å². The minimum Gasteiger partial charge on any atom is -0.481 e. The number of hydrogen-bond acceptors (Lipinski definition) is 11. The maximum absolute atomic E-state index is 12.3. The molecule has 15 heteroatoms. The SMILES string of the molecule is N[C@@H](CC(=O)Nc1ccn([C@@H]2O[C@H](COC(=O)CCCC(=O)O)C(O)C2O)c(=O)n1)C(=O)O. The number of carboxylic acids is 2. The number of hydrogen-bond donors (Lipinski definition) is 6. The number of amides is 1. The molecule has 1 aromatic heterocycles. The van der Waals surface area contributed by atoms with Gasteiger partial charge in [0.25, 0.3) is 0 Å². The number of ether oxygens (including phenoxy) is 2. The lowest BCUT2D eigenvalue weighted by molar-refractivity contribution is -0.150. The van der Waals surface area contributed by atoms with Gasteiger partial charge in [0, 0.05) is 19.0 Å². The third-order valence-corrected chi connectivity index (χ3v) is 4.61. The highest BCUT2D eigenvalue weighted by molar-refractivity contribution is 5.93. The zero-order valence-corrected chi connectivity index (χ0v) is 17.2. The Hall–Kier alpha value is -3.40. The van der Waals surface area contributed by atoms with Gasteiger partial charge in [-0.25, -0.2) is 4.79 Å². The predicted octanol–water partition coefficient (Wildman–Crippen LogP) is -2.60. The molecule has 0 aromatic carbocycles. The van der Waals surface area contributed by atoms with Crippen molar-refractivity contribution in [1.82, 2.24) is 9.55 Å². The van der Waals surface area contributed by atoms with Crippen molar-refractivity contribution in [3.63, 3.8) is 0 Å². The molecule has 0 spiro atoms. The summed E-state index contributed by atoms with van der Waals surface area (Å²) in [7, 11) is 0. The molecule has 2 rings (SSSR count). The average molecular weight is 472 g/mol. The van der Waals surface area contributed by atoms with E-state index in [4.69, 9.17) is 25.4 Å². The zero-order valence-electron chi connectivity index (χ0n) is 17.2. The molecule has 2 unspecified atom stereocenters. The number of nitrogens with zero attached hydrogens (tertiary/aromatic N) is 2. The molecule has 182 valence electrons. The van der Waals surface area contributed by atoms with Crippen LogP contribution in [0, 0.1) is 0 Å². The van der Waals surface area contributed by atoms with Crippen LogP contribution >= 0.6 is 0 Å². The number of anilines is 1. The van der Waals surface area contributed by atoms with Gasteiger partial charge in [0.05, 0.1) is 6.42 Å². The van der Waals surface area contributed by atoms with Gasteiger partial charge in [0.15, 0.2) is 6.23 Å². The van der Waals surface area contributed by atoms with E-state index in [1.165, 1.54) is 6.07 Å². The molecule has 1 amide bonds. The van der Waals surface area contributed by atoms with E-state index in [0.29, 0.717) is 0 Å². The maximum atomic E-state index is 12.3. The van der Waals surface area contributed by atoms with Gasteiger partial charge in [-0.3, -0.25) is 23.7 Å². The number of aliphatic hydroxyl groups is 2. The monoisotopic (exact) mass is 472 g/mol. The number of aliphatic hydroxyl groups excluding tert-OH is 2. The Labute approximate surface area is 185 Å². The minimum absolute atomic E-state index is 0.0691. The molecule has 1 aromatic rings. The fourth-order valence-electron chi connectivity index (χ4n) is 2.88. The van der Waals surface area contributed by atoms with Crippen LogP contribution in [0.3, 0.4) is 0 Å². The second-order valence-electron chi connectivity index (χ2n) is 7.18. The maximum Gasteiger partial charge on any atom is 0.351 e. The van der Waals surface area contributed by atoms with Gasteiger partial charge in [0.1, 0.15) is 36.8 Å².